The predicted molar refractivity (Wildman–Crippen MR) is 90.9 cm³/mol. The molecule has 1 N–H and O–H groups in total. The Labute approximate surface area is 142 Å². The molecule has 126 valence electrons. The van der Waals surface area contributed by atoms with Crippen molar-refractivity contribution in [1.82, 2.24) is 9.62 Å². The molecule has 0 aromatic heterocycles. The molecule has 5 nitrogen and oxygen atoms in total. The standard InChI is InChI=1S/C16H21ClN2O3S/c1-3-16(20)18-13-6-4-5-9-19(11-13)23(21,22)14-8-7-12(2)15(17)10-14/h3,7-8,10,13H,1,4-6,9,11H2,2H3,(H,18,20). The van der Waals surface area contributed by atoms with Gasteiger partial charge >= 0.3 is 0 Å². The number of halogens is 1. The molecule has 2 rings (SSSR count). The molecule has 1 aromatic rings. The van der Waals surface area contributed by atoms with Gasteiger partial charge in [0.2, 0.25) is 15.9 Å². The molecule has 0 saturated carbocycles. The number of carbonyl (C=O) groups excluding carboxylic acids is 1. The van der Waals surface area contributed by atoms with Crippen molar-refractivity contribution in [3.63, 3.8) is 0 Å². The Balaban J connectivity index is 2.24. The van der Waals surface area contributed by atoms with Crippen LogP contribution in [0.5, 0.6) is 0 Å². The number of hydrogen-bond acceptors (Lipinski definition) is 3. The molecule has 1 saturated heterocycles. The topological polar surface area (TPSA) is 66.5 Å². The normalized spacial score (nSPS) is 19.8. The Bertz CT molecular complexity index is 703. The van der Waals surface area contributed by atoms with E-state index in [1.165, 1.54) is 16.4 Å². The SMILES string of the molecule is C=CC(=O)NC1CCCCN(S(=O)(=O)c2ccc(C)c(Cl)c2)C1. The highest BCUT2D eigenvalue weighted by Gasteiger charge is 2.29. The number of nitrogens with one attached hydrogen (secondary N) is 1. The Kier molecular flexibility index (Phi) is 5.84. The molecule has 1 unspecified atom stereocenters. The smallest absolute Gasteiger partial charge is 0.243 e. The van der Waals surface area contributed by atoms with Crippen molar-refractivity contribution >= 4 is 27.5 Å². The maximum absolute atomic E-state index is 12.8. The maximum Gasteiger partial charge on any atom is 0.243 e. The highest BCUT2D eigenvalue weighted by Crippen LogP contribution is 2.24. The van der Waals surface area contributed by atoms with Crippen molar-refractivity contribution in [3.8, 4) is 0 Å². The van der Waals surface area contributed by atoms with Crippen molar-refractivity contribution in [1.29, 1.82) is 0 Å². The number of carbonyl (C=O) groups is 1. The predicted octanol–water partition coefficient (Wildman–Crippen LogP) is 2.49. The van der Waals surface area contributed by atoms with E-state index in [4.69, 9.17) is 11.6 Å². The van der Waals surface area contributed by atoms with Crippen molar-refractivity contribution < 1.29 is 13.2 Å². The third-order valence-electron chi connectivity index (χ3n) is 3.95. The quantitative estimate of drug-likeness (QED) is 0.843. The summed E-state index contributed by atoms with van der Waals surface area (Å²) in [4.78, 5) is 11.7. The summed E-state index contributed by atoms with van der Waals surface area (Å²) in [6.07, 6.45) is 3.58. The first-order chi connectivity index (χ1) is 10.8. The zero-order chi connectivity index (χ0) is 17.0. The molecule has 1 atom stereocenters. The number of benzene rings is 1. The van der Waals surface area contributed by atoms with E-state index in [-0.39, 0.29) is 23.4 Å². The van der Waals surface area contributed by atoms with E-state index in [1.807, 2.05) is 6.92 Å². The van der Waals surface area contributed by atoms with Crippen LogP contribution in [0, 0.1) is 6.92 Å². The van der Waals surface area contributed by atoms with E-state index in [0.29, 0.717) is 11.6 Å². The van der Waals surface area contributed by atoms with Crippen LogP contribution in [0.4, 0.5) is 0 Å². The minimum absolute atomic E-state index is 0.184. The highest BCUT2D eigenvalue weighted by molar-refractivity contribution is 7.89. The third kappa shape index (κ3) is 4.34. The van der Waals surface area contributed by atoms with Gasteiger partial charge < -0.3 is 5.32 Å². The minimum Gasteiger partial charge on any atom is -0.349 e. The number of aryl methyl sites for hydroxylation is 1. The van der Waals surface area contributed by atoms with Crippen LogP contribution >= 0.6 is 11.6 Å². The minimum atomic E-state index is -3.63. The van der Waals surface area contributed by atoms with Crippen LogP contribution in [0.25, 0.3) is 0 Å². The average Bonchev–Trinajstić information content (AvgIpc) is 2.75. The molecule has 0 spiro atoms. The summed E-state index contributed by atoms with van der Waals surface area (Å²) in [5.74, 6) is -0.285. The molecule has 1 aromatic carbocycles. The van der Waals surface area contributed by atoms with Crippen molar-refractivity contribution in [2.75, 3.05) is 13.1 Å². The number of amides is 1. The summed E-state index contributed by atoms with van der Waals surface area (Å²) < 4.78 is 27.1. The summed E-state index contributed by atoms with van der Waals surface area (Å²) >= 11 is 6.06. The van der Waals surface area contributed by atoms with Gasteiger partial charge in [0, 0.05) is 24.2 Å². The van der Waals surface area contributed by atoms with Gasteiger partial charge in [0.1, 0.15) is 0 Å². The van der Waals surface area contributed by atoms with Gasteiger partial charge in [-0.3, -0.25) is 4.79 Å². The van der Waals surface area contributed by atoms with Crippen LogP contribution in [0.3, 0.4) is 0 Å². The van der Waals surface area contributed by atoms with Crippen LogP contribution in [0.2, 0.25) is 5.02 Å². The molecule has 23 heavy (non-hydrogen) atoms. The molecule has 0 radical (unpaired) electrons. The van der Waals surface area contributed by atoms with Gasteiger partial charge in [-0.05, 0) is 43.5 Å². The number of sulfonamides is 1. The summed E-state index contributed by atoms with van der Waals surface area (Å²) in [7, 11) is -3.63. The van der Waals surface area contributed by atoms with Gasteiger partial charge in [0.05, 0.1) is 4.90 Å². The molecular weight excluding hydrogens is 336 g/mol. The molecule has 1 aliphatic heterocycles. The lowest BCUT2D eigenvalue weighted by molar-refractivity contribution is -0.117. The van der Waals surface area contributed by atoms with Crippen LogP contribution in [0.1, 0.15) is 24.8 Å². The van der Waals surface area contributed by atoms with Gasteiger partial charge in [0.25, 0.3) is 0 Å². The Morgan fingerprint density at radius 3 is 2.83 bits per heavy atom. The Morgan fingerprint density at radius 1 is 1.43 bits per heavy atom. The lowest BCUT2D eigenvalue weighted by Crippen LogP contribution is -2.44. The van der Waals surface area contributed by atoms with E-state index in [0.717, 1.165) is 24.8 Å². The highest BCUT2D eigenvalue weighted by atomic mass is 35.5. The largest absolute Gasteiger partial charge is 0.349 e. The van der Waals surface area contributed by atoms with Crippen LogP contribution in [0.15, 0.2) is 35.7 Å². The summed E-state index contributed by atoms with van der Waals surface area (Å²) in [6.45, 7) is 5.95. The summed E-state index contributed by atoms with van der Waals surface area (Å²) in [5, 5.41) is 3.22. The van der Waals surface area contributed by atoms with Crippen molar-refractivity contribution in [2.45, 2.75) is 37.1 Å². The first-order valence-corrected chi connectivity index (χ1v) is 9.35. The van der Waals surface area contributed by atoms with Crippen LogP contribution in [-0.4, -0.2) is 37.8 Å². The van der Waals surface area contributed by atoms with Gasteiger partial charge in [-0.25, -0.2) is 8.42 Å². The van der Waals surface area contributed by atoms with E-state index < -0.39 is 10.0 Å². The fourth-order valence-corrected chi connectivity index (χ4v) is 4.38. The van der Waals surface area contributed by atoms with E-state index in [2.05, 4.69) is 11.9 Å². The second kappa shape index (κ2) is 7.47. The molecule has 1 heterocycles. The molecule has 1 fully saturated rings. The van der Waals surface area contributed by atoms with E-state index in [9.17, 15) is 13.2 Å². The number of nitrogens with zero attached hydrogens (tertiary/aromatic N) is 1. The maximum atomic E-state index is 12.8. The van der Waals surface area contributed by atoms with Crippen LogP contribution in [-0.2, 0) is 14.8 Å². The molecule has 1 amide bonds. The fourth-order valence-electron chi connectivity index (χ4n) is 2.59. The van der Waals surface area contributed by atoms with Crippen molar-refractivity contribution in [3.05, 3.63) is 41.4 Å². The average molecular weight is 357 g/mol. The zero-order valence-electron chi connectivity index (χ0n) is 13.1. The fraction of sp³-hybridized carbons (Fsp3) is 0.438. The Hall–Kier alpha value is -1.37. The zero-order valence-corrected chi connectivity index (χ0v) is 14.7. The number of hydrogen-bond donors (Lipinski definition) is 1. The van der Waals surface area contributed by atoms with Gasteiger partial charge in [-0.2, -0.15) is 4.31 Å². The monoisotopic (exact) mass is 356 g/mol. The molecule has 0 aliphatic carbocycles. The van der Waals surface area contributed by atoms with Gasteiger partial charge in [-0.1, -0.05) is 30.7 Å². The van der Waals surface area contributed by atoms with Crippen LogP contribution < -0.4 is 5.32 Å². The molecule has 1 aliphatic rings. The molecule has 0 bridgehead atoms. The molecular formula is C16H21ClN2O3S. The lowest BCUT2D eigenvalue weighted by Gasteiger charge is -2.24. The molecule has 7 heteroatoms. The summed E-state index contributed by atoms with van der Waals surface area (Å²) in [6, 6.07) is 4.54. The second-order valence-corrected chi connectivity index (χ2v) is 8.02. The lowest BCUT2D eigenvalue weighted by atomic mass is 10.1. The van der Waals surface area contributed by atoms with Crippen molar-refractivity contribution in [2.24, 2.45) is 0 Å². The Morgan fingerprint density at radius 2 is 2.17 bits per heavy atom. The van der Waals surface area contributed by atoms with E-state index in [1.54, 1.807) is 12.1 Å². The summed E-state index contributed by atoms with van der Waals surface area (Å²) in [5.41, 5.74) is 0.831. The van der Waals surface area contributed by atoms with Gasteiger partial charge in [0.15, 0.2) is 0 Å². The van der Waals surface area contributed by atoms with E-state index >= 15 is 0 Å². The first kappa shape index (κ1) is 18.0. The third-order valence-corrected chi connectivity index (χ3v) is 6.22. The first-order valence-electron chi connectivity index (χ1n) is 7.54. The van der Waals surface area contributed by atoms with Gasteiger partial charge in [-0.15, -0.1) is 0 Å². The second-order valence-electron chi connectivity index (χ2n) is 5.68. The number of rotatable bonds is 4.